The quantitative estimate of drug-likeness (QED) is 0.382. The van der Waals surface area contributed by atoms with Crippen molar-refractivity contribution in [1.29, 1.82) is 0 Å². The molecule has 224 valence electrons. The van der Waals surface area contributed by atoms with E-state index in [0.29, 0.717) is 50.0 Å². The van der Waals surface area contributed by atoms with Crippen molar-refractivity contribution in [3.8, 4) is 11.5 Å². The first kappa shape index (κ1) is 29.7. The number of hydrogen-bond donors (Lipinski definition) is 2. The molecule has 2 atom stereocenters. The summed E-state index contributed by atoms with van der Waals surface area (Å²) < 4.78 is 68.0. The number of nitrogens with one attached hydrogen (secondary N) is 2. The van der Waals surface area contributed by atoms with E-state index in [4.69, 9.17) is 9.47 Å². The first-order valence-electron chi connectivity index (χ1n) is 13.6. The van der Waals surface area contributed by atoms with E-state index in [-0.39, 0.29) is 36.0 Å². The number of H-pyrrole nitrogens is 1. The number of amides is 1. The number of likely N-dealkylation sites (tertiary alicyclic amines) is 1. The maximum absolute atomic E-state index is 15.2. The molecule has 2 fully saturated rings. The van der Waals surface area contributed by atoms with Gasteiger partial charge in [-0.05, 0) is 42.8 Å². The highest BCUT2D eigenvalue weighted by atomic mass is 19.3. The molecular weight excluding hydrogens is 558 g/mol. The Morgan fingerprint density at radius 2 is 1.98 bits per heavy atom. The van der Waals surface area contributed by atoms with Crippen LogP contribution in [0.1, 0.15) is 30.4 Å². The standard InChI is InChI=1S/C29H31F4N5O4/c1-18(27(39)36-26-5-3-22(15-34-26)42-25-4-2-21(30)13-24(25)31)38-7-6-29(32,33)23(17-38)19-12-20(28(40)35-14-19)16-37-8-10-41-11-9-37/h2-5,12-15,18,23H,6-11,16-17H2,1H3,(H,35,40)(H,34,36,39)/t18?,23-/m1/s1. The summed E-state index contributed by atoms with van der Waals surface area (Å²) in [6.45, 7) is 4.29. The van der Waals surface area contributed by atoms with E-state index in [2.05, 4.69) is 15.3 Å². The number of morpholine rings is 1. The lowest BCUT2D eigenvalue weighted by molar-refractivity contribution is -0.125. The van der Waals surface area contributed by atoms with Gasteiger partial charge in [-0.15, -0.1) is 0 Å². The molecule has 3 aromatic rings. The number of aromatic amines is 1. The summed E-state index contributed by atoms with van der Waals surface area (Å²) in [6.07, 6.45) is 2.16. The smallest absolute Gasteiger partial charge is 0.257 e. The van der Waals surface area contributed by atoms with Gasteiger partial charge in [0.2, 0.25) is 5.91 Å². The molecule has 42 heavy (non-hydrogen) atoms. The van der Waals surface area contributed by atoms with Gasteiger partial charge in [0, 0.05) is 57.0 Å². The van der Waals surface area contributed by atoms with Crippen molar-refractivity contribution >= 4 is 11.7 Å². The number of ether oxygens (including phenoxy) is 2. The largest absolute Gasteiger partial charge is 0.453 e. The van der Waals surface area contributed by atoms with E-state index >= 15 is 8.78 Å². The number of carbonyl (C=O) groups excluding carboxylic acids is 1. The van der Waals surface area contributed by atoms with Crippen LogP contribution in [0.4, 0.5) is 23.4 Å². The third-order valence-electron chi connectivity index (χ3n) is 7.60. The number of benzene rings is 1. The number of carbonyl (C=O) groups is 1. The van der Waals surface area contributed by atoms with Gasteiger partial charge in [-0.1, -0.05) is 0 Å². The molecule has 0 bridgehead atoms. The third-order valence-corrected chi connectivity index (χ3v) is 7.60. The van der Waals surface area contributed by atoms with Crippen molar-refractivity contribution in [1.82, 2.24) is 19.8 Å². The zero-order valence-corrected chi connectivity index (χ0v) is 22.9. The van der Waals surface area contributed by atoms with Gasteiger partial charge in [-0.25, -0.2) is 22.5 Å². The number of pyridine rings is 2. The van der Waals surface area contributed by atoms with Gasteiger partial charge < -0.3 is 19.8 Å². The van der Waals surface area contributed by atoms with Gasteiger partial charge in [0.25, 0.3) is 11.5 Å². The summed E-state index contributed by atoms with van der Waals surface area (Å²) in [7, 11) is 0. The van der Waals surface area contributed by atoms with Crippen LogP contribution in [0, 0.1) is 11.6 Å². The average Bonchev–Trinajstić information content (AvgIpc) is 2.97. The fourth-order valence-electron chi connectivity index (χ4n) is 5.09. The molecule has 0 saturated carbocycles. The number of halogens is 4. The fraction of sp³-hybridized carbons (Fsp3) is 0.414. The van der Waals surface area contributed by atoms with E-state index in [0.717, 1.165) is 12.1 Å². The van der Waals surface area contributed by atoms with Crippen molar-refractivity contribution in [2.75, 3.05) is 44.7 Å². The van der Waals surface area contributed by atoms with Crippen molar-refractivity contribution in [2.24, 2.45) is 0 Å². The lowest BCUT2D eigenvalue weighted by Crippen LogP contribution is -2.52. The topological polar surface area (TPSA) is 99.8 Å². The van der Waals surface area contributed by atoms with E-state index in [9.17, 15) is 18.4 Å². The Balaban J connectivity index is 1.23. The second-order valence-electron chi connectivity index (χ2n) is 10.5. The number of alkyl halides is 2. The first-order chi connectivity index (χ1) is 20.1. The minimum absolute atomic E-state index is 0.00547. The number of piperidine rings is 1. The van der Waals surface area contributed by atoms with E-state index in [1.165, 1.54) is 24.5 Å². The number of nitrogens with zero attached hydrogens (tertiary/aromatic N) is 3. The lowest BCUT2D eigenvalue weighted by atomic mass is 9.86. The second-order valence-corrected chi connectivity index (χ2v) is 10.5. The number of aromatic nitrogens is 2. The second kappa shape index (κ2) is 12.6. The Bertz CT molecular complexity index is 1460. The lowest BCUT2D eigenvalue weighted by Gasteiger charge is -2.40. The van der Waals surface area contributed by atoms with Crippen molar-refractivity contribution in [3.63, 3.8) is 0 Å². The van der Waals surface area contributed by atoms with Crippen molar-refractivity contribution < 1.29 is 31.8 Å². The molecule has 0 spiro atoms. The predicted molar refractivity (Wildman–Crippen MR) is 146 cm³/mol. The molecule has 5 rings (SSSR count). The Hall–Kier alpha value is -3.81. The molecule has 13 heteroatoms. The molecule has 0 aliphatic carbocycles. The monoisotopic (exact) mass is 589 g/mol. The van der Waals surface area contributed by atoms with Gasteiger partial charge in [-0.2, -0.15) is 0 Å². The number of hydrogen-bond acceptors (Lipinski definition) is 7. The zero-order chi connectivity index (χ0) is 29.9. The van der Waals surface area contributed by atoms with Crippen LogP contribution in [0.25, 0.3) is 0 Å². The van der Waals surface area contributed by atoms with E-state index < -0.39 is 41.8 Å². The van der Waals surface area contributed by atoms with Crippen LogP contribution < -0.4 is 15.6 Å². The Morgan fingerprint density at radius 3 is 2.69 bits per heavy atom. The van der Waals surface area contributed by atoms with Crippen LogP contribution in [0.5, 0.6) is 11.5 Å². The fourth-order valence-corrected chi connectivity index (χ4v) is 5.09. The highest BCUT2D eigenvalue weighted by Crippen LogP contribution is 2.40. The molecule has 1 aromatic carbocycles. The first-order valence-corrected chi connectivity index (χ1v) is 13.6. The molecule has 2 aliphatic rings. The van der Waals surface area contributed by atoms with Crippen molar-refractivity contribution in [2.45, 2.75) is 37.8 Å². The number of anilines is 1. The molecule has 0 radical (unpaired) electrons. The van der Waals surface area contributed by atoms with Gasteiger partial charge >= 0.3 is 0 Å². The normalized spacial score (nSPS) is 20.2. The maximum atomic E-state index is 15.2. The molecule has 1 unspecified atom stereocenters. The summed E-state index contributed by atoms with van der Waals surface area (Å²) in [5.74, 6) is -6.13. The maximum Gasteiger partial charge on any atom is 0.257 e. The van der Waals surface area contributed by atoms with Gasteiger partial charge in [0.1, 0.15) is 17.4 Å². The SMILES string of the molecule is CC(C(=O)Nc1ccc(Oc2ccc(F)cc2F)cn1)N1CCC(F)(F)[C@@H](c2c[nH]c(=O)c(CN3CCOCC3)c2)C1. The third kappa shape index (κ3) is 6.97. The van der Waals surface area contributed by atoms with E-state index in [1.807, 2.05) is 4.90 Å². The highest BCUT2D eigenvalue weighted by Gasteiger charge is 2.46. The van der Waals surface area contributed by atoms with Crippen LogP contribution in [-0.2, 0) is 16.1 Å². The van der Waals surface area contributed by atoms with Crippen LogP contribution in [0.3, 0.4) is 0 Å². The van der Waals surface area contributed by atoms with Crippen LogP contribution in [0.15, 0.2) is 53.6 Å². The molecule has 2 N–H and O–H groups in total. The summed E-state index contributed by atoms with van der Waals surface area (Å²) in [4.78, 5) is 35.9. The van der Waals surface area contributed by atoms with Crippen LogP contribution in [-0.4, -0.2) is 77.0 Å². The van der Waals surface area contributed by atoms with Gasteiger partial charge in [-0.3, -0.25) is 19.4 Å². The molecular formula is C29H31F4N5O4. The highest BCUT2D eigenvalue weighted by molar-refractivity contribution is 5.93. The Kier molecular flexibility index (Phi) is 8.90. The zero-order valence-electron chi connectivity index (χ0n) is 22.9. The van der Waals surface area contributed by atoms with E-state index in [1.54, 1.807) is 17.9 Å². The Labute approximate surface area is 239 Å². The average molecular weight is 590 g/mol. The minimum Gasteiger partial charge on any atom is -0.453 e. The number of rotatable bonds is 8. The minimum atomic E-state index is -3.03. The summed E-state index contributed by atoms with van der Waals surface area (Å²) in [5, 5.41) is 2.66. The predicted octanol–water partition coefficient (Wildman–Crippen LogP) is 4.12. The molecule has 4 heterocycles. The summed E-state index contributed by atoms with van der Waals surface area (Å²) in [5.41, 5.74) is 0.407. The van der Waals surface area contributed by atoms with Gasteiger partial charge in [0.15, 0.2) is 11.6 Å². The van der Waals surface area contributed by atoms with Crippen LogP contribution in [0.2, 0.25) is 0 Å². The molecule has 1 amide bonds. The van der Waals surface area contributed by atoms with Gasteiger partial charge in [0.05, 0.1) is 31.4 Å². The molecule has 2 saturated heterocycles. The van der Waals surface area contributed by atoms with Crippen LogP contribution >= 0.6 is 0 Å². The molecule has 2 aliphatic heterocycles. The molecule has 9 nitrogen and oxygen atoms in total. The van der Waals surface area contributed by atoms with Crippen molar-refractivity contribution in [3.05, 3.63) is 81.9 Å². The summed E-state index contributed by atoms with van der Waals surface area (Å²) >= 11 is 0. The Morgan fingerprint density at radius 1 is 1.19 bits per heavy atom. The summed E-state index contributed by atoms with van der Waals surface area (Å²) in [6, 6.07) is 6.60. The molecule has 2 aromatic heterocycles.